The molecule has 2 heterocycles. The van der Waals surface area contributed by atoms with Gasteiger partial charge in [-0.15, -0.1) is 0 Å². The Morgan fingerprint density at radius 3 is 2.79 bits per heavy atom. The quantitative estimate of drug-likeness (QED) is 0.637. The number of hydrogen-bond acceptors (Lipinski definition) is 4. The van der Waals surface area contributed by atoms with Crippen molar-refractivity contribution in [2.75, 3.05) is 19.7 Å². The topological polar surface area (TPSA) is 60.8 Å². The van der Waals surface area contributed by atoms with E-state index in [9.17, 15) is 9.90 Å². The van der Waals surface area contributed by atoms with Gasteiger partial charge < -0.3 is 10.2 Å². The third-order valence-electron chi connectivity index (χ3n) is 3.37. The molecule has 0 aromatic rings. The zero-order valence-electron chi connectivity index (χ0n) is 8.22. The van der Waals surface area contributed by atoms with Gasteiger partial charge in [0.15, 0.2) is 0 Å². The number of aliphatic hydroxyl groups is 2. The van der Waals surface area contributed by atoms with E-state index in [2.05, 4.69) is 4.90 Å². The molecule has 3 rings (SSSR count). The predicted molar refractivity (Wildman–Crippen MR) is 50.8 cm³/mol. The van der Waals surface area contributed by atoms with Crippen LogP contribution in [0.5, 0.6) is 0 Å². The van der Waals surface area contributed by atoms with Gasteiger partial charge in [0.05, 0.1) is 12.7 Å². The van der Waals surface area contributed by atoms with Crippen molar-refractivity contribution in [1.82, 2.24) is 4.90 Å². The van der Waals surface area contributed by atoms with Crippen molar-refractivity contribution < 1.29 is 15.0 Å². The van der Waals surface area contributed by atoms with E-state index in [-0.39, 0.29) is 12.5 Å². The Morgan fingerprint density at radius 1 is 1.50 bits per heavy atom. The van der Waals surface area contributed by atoms with Crippen molar-refractivity contribution in [3.8, 4) is 0 Å². The Balaban J connectivity index is 1.93. The number of carbonyl (C=O) groups excluding carboxylic acids is 1. The van der Waals surface area contributed by atoms with Crippen LogP contribution >= 0.6 is 0 Å². The van der Waals surface area contributed by atoms with Crippen LogP contribution in [-0.4, -0.2) is 52.7 Å². The van der Waals surface area contributed by atoms with Crippen LogP contribution in [0.1, 0.15) is 19.3 Å². The van der Waals surface area contributed by atoms with Crippen LogP contribution in [0.4, 0.5) is 0 Å². The SMILES string of the molecule is O=C1CC2CCC1CN2CC(O)CO. The number of nitrogens with zero attached hydrogens (tertiary/aromatic N) is 1. The number of aliphatic hydroxyl groups excluding tert-OH is 2. The fourth-order valence-corrected chi connectivity index (χ4v) is 2.54. The van der Waals surface area contributed by atoms with E-state index in [4.69, 9.17) is 5.11 Å². The molecule has 4 nitrogen and oxygen atoms in total. The van der Waals surface area contributed by atoms with Gasteiger partial charge in [-0.25, -0.2) is 0 Å². The number of hydrogen-bond donors (Lipinski definition) is 2. The lowest BCUT2D eigenvalue weighted by Gasteiger charge is -2.44. The van der Waals surface area contributed by atoms with Crippen LogP contribution in [0.2, 0.25) is 0 Å². The molecule has 1 aliphatic carbocycles. The van der Waals surface area contributed by atoms with Crippen molar-refractivity contribution in [1.29, 1.82) is 0 Å². The lowest BCUT2D eigenvalue weighted by molar-refractivity contribution is -0.133. The molecule has 0 spiro atoms. The van der Waals surface area contributed by atoms with E-state index in [1.807, 2.05) is 0 Å². The average Bonchev–Trinajstić information content (AvgIpc) is 2.19. The van der Waals surface area contributed by atoms with Crippen LogP contribution in [0.15, 0.2) is 0 Å². The van der Waals surface area contributed by atoms with E-state index >= 15 is 0 Å². The summed E-state index contributed by atoms with van der Waals surface area (Å²) in [5.74, 6) is 0.571. The zero-order chi connectivity index (χ0) is 10.1. The van der Waals surface area contributed by atoms with Crippen molar-refractivity contribution in [3.05, 3.63) is 0 Å². The Kier molecular flexibility index (Phi) is 2.85. The largest absolute Gasteiger partial charge is 0.394 e. The van der Waals surface area contributed by atoms with E-state index < -0.39 is 6.10 Å². The first-order valence-corrected chi connectivity index (χ1v) is 5.26. The Bertz CT molecular complexity index is 231. The van der Waals surface area contributed by atoms with Crippen LogP contribution in [0, 0.1) is 5.92 Å². The maximum Gasteiger partial charge on any atom is 0.138 e. The molecule has 2 saturated heterocycles. The van der Waals surface area contributed by atoms with Gasteiger partial charge in [0.1, 0.15) is 5.78 Å². The Labute approximate surface area is 83.5 Å². The summed E-state index contributed by atoms with van der Waals surface area (Å²) >= 11 is 0. The molecule has 2 N–H and O–H groups in total. The predicted octanol–water partition coefficient (Wildman–Crippen LogP) is -0.607. The molecule has 3 aliphatic rings. The van der Waals surface area contributed by atoms with Crippen molar-refractivity contribution in [2.45, 2.75) is 31.4 Å². The average molecular weight is 199 g/mol. The van der Waals surface area contributed by atoms with E-state index in [0.29, 0.717) is 24.8 Å². The molecule has 4 heteroatoms. The summed E-state index contributed by atoms with van der Waals surface area (Å²) in [5, 5.41) is 18.1. The number of Topliss-reactive ketones (excluding diaryl/α,β-unsaturated/α-hetero) is 1. The zero-order valence-corrected chi connectivity index (χ0v) is 8.22. The van der Waals surface area contributed by atoms with Gasteiger partial charge in [-0.05, 0) is 12.8 Å². The van der Waals surface area contributed by atoms with Crippen molar-refractivity contribution in [3.63, 3.8) is 0 Å². The summed E-state index contributed by atoms with van der Waals surface area (Å²) in [6, 6.07) is 0.314. The maximum absolute atomic E-state index is 11.4. The van der Waals surface area contributed by atoms with E-state index in [0.717, 1.165) is 19.4 Å². The number of fused-ring (bicyclic) bond motifs is 3. The van der Waals surface area contributed by atoms with Crippen LogP contribution in [0.3, 0.4) is 0 Å². The molecule has 3 atom stereocenters. The lowest BCUT2D eigenvalue weighted by Crippen LogP contribution is -2.54. The van der Waals surface area contributed by atoms with Gasteiger partial charge in [-0.1, -0.05) is 0 Å². The third-order valence-corrected chi connectivity index (χ3v) is 3.37. The summed E-state index contributed by atoms with van der Waals surface area (Å²) in [6.45, 7) is 1.09. The molecule has 0 aromatic carbocycles. The molecular formula is C10H17NO3. The van der Waals surface area contributed by atoms with Crippen LogP contribution in [0.25, 0.3) is 0 Å². The minimum atomic E-state index is -0.663. The van der Waals surface area contributed by atoms with Gasteiger partial charge in [0.2, 0.25) is 0 Å². The summed E-state index contributed by atoms with van der Waals surface area (Å²) < 4.78 is 0. The van der Waals surface area contributed by atoms with Gasteiger partial charge in [0, 0.05) is 31.5 Å². The molecular weight excluding hydrogens is 182 g/mol. The molecule has 0 amide bonds. The van der Waals surface area contributed by atoms with Gasteiger partial charge in [-0.3, -0.25) is 9.69 Å². The number of ketones is 1. The minimum absolute atomic E-state index is 0.186. The smallest absolute Gasteiger partial charge is 0.138 e. The normalized spacial score (nSPS) is 34.9. The van der Waals surface area contributed by atoms with E-state index in [1.165, 1.54) is 0 Å². The number of rotatable bonds is 3. The van der Waals surface area contributed by atoms with Crippen molar-refractivity contribution >= 4 is 5.78 Å². The number of piperidine rings is 2. The first-order chi connectivity index (χ1) is 6.70. The van der Waals surface area contributed by atoms with Gasteiger partial charge in [0.25, 0.3) is 0 Å². The summed E-state index contributed by atoms with van der Waals surface area (Å²) in [7, 11) is 0. The van der Waals surface area contributed by atoms with Crippen LogP contribution in [-0.2, 0) is 4.79 Å². The van der Waals surface area contributed by atoms with Crippen LogP contribution < -0.4 is 0 Å². The van der Waals surface area contributed by atoms with Gasteiger partial charge in [-0.2, -0.15) is 0 Å². The first kappa shape index (κ1) is 10.1. The molecule has 1 saturated carbocycles. The van der Waals surface area contributed by atoms with E-state index in [1.54, 1.807) is 0 Å². The highest BCUT2D eigenvalue weighted by molar-refractivity contribution is 5.83. The molecule has 80 valence electrons. The Morgan fingerprint density at radius 2 is 2.29 bits per heavy atom. The third kappa shape index (κ3) is 1.82. The standard InChI is InChI=1S/C10H17NO3/c12-6-9(13)5-11-4-7-1-2-8(11)3-10(7)14/h7-9,12-13H,1-6H2. The molecule has 0 aromatic heterocycles. The lowest BCUT2D eigenvalue weighted by atomic mass is 9.79. The maximum atomic E-state index is 11.4. The first-order valence-electron chi connectivity index (χ1n) is 5.26. The molecule has 2 bridgehead atoms. The highest BCUT2D eigenvalue weighted by Crippen LogP contribution is 2.32. The molecule has 2 aliphatic heterocycles. The van der Waals surface area contributed by atoms with Gasteiger partial charge >= 0.3 is 0 Å². The molecule has 0 radical (unpaired) electrons. The molecule has 14 heavy (non-hydrogen) atoms. The Hall–Kier alpha value is -0.450. The summed E-state index contributed by atoms with van der Waals surface area (Å²) in [5.41, 5.74) is 0. The summed E-state index contributed by atoms with van der Waals surface area (Å²) in [6.07, 6.45) is 2.05. The summed E-state index contributed by atoms with van der Waals surface area (Å²) in [4.78, 5) is 13.6. The second kappa shape index (κ2) is 3.96. The second-order valence-corrected chi connectivity index (χ2v) is 4.39. The second-order valence-electron chi connectivity index (χ2n) is 4.39. The fourth-order valence-electron chi connectivity index (χ4n) is 2.54. The minimum Gasteiger partial charge on any atom is -0.394 e. The highest BCUT2D eigenvalue weighted by atomic mass is 16.3. The monoisotopic (exact) mass is 199 g/mol. The fraction of sp³-hybridized carbons (Fsp3) is 0.900. The highest BCUT2D eigenvalue weighted by Gasteiger charge is 2.39. The molecule has 3 fully saturated rings. The van der Waals surface area contributed by atoms with Crippen molar-refractivity contribution in [2.24, 2.45) is 5.92 Å². The number of carbonyl (C=O) groups is 1. The molecule has 3 unspecified atom stereocenters.